The van der Waals surface area contributed by atoms with E-state index in [4.69, 9.17) is 4.74 Å². The molecule has 0 aliphatic rings. The van der Waals surface area contributed by atoms with Gasteiger partial charge in [0.25, 0.3) is 5.91 Å². The molecule has 3 N–H and O–H groups in total. The summed E-state index contributed by atoms with van der Waals surface area (Å²) in [5.41, 5.74) is 1.97. The van der Waals surface area contributed by atoms with Crippen molar-refractivity contribution in [1.82, 2.24) is 9.88 Å². The topological polar surface area (TPSA) is 113 Å². The Labute approximate surface area is 227 Å². The highest BCUT2D eigenvalue weighted by atomic mass is 32.1. The number of carbonyl (C=O) groups excluding carboxylic acids is 3. The average Bonchev–Trinajstić information content (AvgIpc) is 3.37. The summed E-state index contributed by atoms with van der Waals surface area (Å²) in [5, 5.41) is 12.2. The fourth-order valence-corrected chi connectivity index (χ4v) is 4.10. The van der Waals surface area contributed by atoms with Gasteiger partial charge >= 0.3 is 12.1 Å². The summed E-state index contributed by atoms with van der Waals surface area (Å²) in [4.78, 5) is 44.0. The minimum Gasteiger partial charge on any atom is -0.444 e. The van der Waals surface area contributed by atoms with Crippen LogP contribution in [-0.4, -0.2) is 40.1 Å². The summed E-state index contributed by atoms with van der Waals surface area (Å²) >= 11 is 1.52. The van der Waals surface area contributed by atoms with Crippen molar-refractivity contribution in [1.29, 1.82) is 0 Å². The van der Waals surface area contributed by atoms with Crippen LogP contribution in [0.15, 0.2) is 59.4 Å². The van der Waals surface area contributed by atoms with Crippen LogP contribution in [0.5, 0.6) is 0 Å². The van der Waals surface area contributed by atoms with Gasteiger partial charge in [0.1, 0.15) is 11.3 Å². The monoisotopic (exact) mass is 537 g/mol. The molecule has 2 aromatic heterocycles. The van der Waals surface area contributed by atoms with Gasteiger partial charge in [-0.3, -0.25) is 15.1 Å². The fraction of sp³-hybridized carbons (Fsp3) is 0.357. The number of para-hydroxylation sites is 2. The van der Waals surface area contributed by atoms with Crippen LogP contribution in [0, 0.1) is 0 Å². The third-order valence-corrected chi connectivity index (χ3v) is 6.02. The molecule has 202 valence electrons. The standard InChI is InChI=1S/C28H35N5O4S/c1-5-6-9-15-33(26(35)30-21-14-16-38-19-21)18-20-12-13-24(29-17-20)25(34)31-22-10-7-8-11-23(22)32-27(36)37-28(2,3)4/h7-8,10-14,16-17,19H,5-6,9,15,18H2,1-4H3,(H,30,35)(H,31,34)(H,32,36). The summed E-state index contributed by atoms with van der Waals surface area (Å²) in [6, 6.07) is 12.0. The van der Waals surface area contributed by atoms with E-state index in [2.05, 4.69) is 27.9 Å². The van der Waals surface area contributed by atoms with Gasteiger partial charge in [0.05, 0.1) is 17.1 Å². The number of carbonyl (C=O) groups is 3. The highest BCUT2D eigenvalue weighted by molar-refractivity contribution is 7.08. The van der Waals surface area contributed by atoms with E-state index in [0.29, 0.717) is 24.5 Å². The maximum Gasteiger partial charge on any atom is 0.412 e. The molecule has 0 fully saturated rings. The van der Waals surface area contributed by atoms with Gasteiger partial charge in [-0.15, -0.1) is 0 Å². The maximum atomic E-state index is 12.9. The largest absolute Gasteiger partial charge is 0.444 e. The van der Waals surface area contributed by atoms with Crippen molar-refractivity contribution in [3.8, 4) is 0 Å². The van der Waals surface area contributed by atoms with Gasteiger partial charge in [-0.1, -0.05) is 38.0 Å². The number of unbranched alkanes of at least 4 members (excludes halogenated alkanes) is 2. The van der Waals surface area contributed by atoms with Crippen molar-refractivity contribution in [3.05, 3.63) is 70.7 Å². The lowest BCUT2D eigenvalue weighted by molar-refractivity contribution is 0.0635. The molecule has 0 unspecified atom stereocenters. The zero-order valence-electron chi connectivity index (χ0n) is 22.2. The lowest BCUT2D eigenvalue weighted by Crippen LogP contribution is -2.35. The van der Waals surface area contributed by atoms with Gasteiger partial charge in [-0.2, -0.15) is 11.3 Å². The highest BCUT2D eigenvalue weighted by Crippen LogP contribution is 2.23. The Kier molecular flexibility index (Phi) is 10.2. The number of ether oxygens (including phenoxy) is 1. The molecule has 2 heterocycles. The normalized spacial score (nSPS) is 10.9. The number of benzene rings is 1. The minimum absolute atomic E-state index is 0.171. The fourth-order valence-electron chi connectivity index (χ4n) is 3.52. The molecule has 4 amide bonds. The molecule has 0 spiro atoms. The van der Waals surface area contributed by atoms with Crippen LogP contribution in [0.3, 0.4) is 0 Å². The molecule has 9 nitrogen and oxygen atoms in total. The average molecular weight is 538 g/mol. The number of anilines is 3. The molecule has 10 heteroatoms. The molecule has 0 bridgehead atoms. The summed E-state index contributed by atoms with van der Waals surface area (Å²) < 4.78 is 5.30. The summed E-state index contributed by atoms with van der Waals surface area (Å²) in [6.45, 7) is 8.43. The van der Waals surface area contributed by atoms with E-state index in [-0.39, 0.29) is 11.7 Å². The number of amides is 4. The van der Waals surface area contributed by atoms with Gasteiger partial charge in [0.2, 0.25) is 0 Å². The van der Waals surface area contributed by atoms with Crippen LogP contribution in [0.2, 0.25) is 0 Å². The number of aromatic nitrogens is 1. The van der Waals surface area contributed by atoms with Crippen LogP contribution in [0.4, 0.5) is 26.7 Å². The van der Waals surface area contributed by atoms with E-state index in [1.165, 1.54) is 11.3 Å². The number of rotatable bonds is 10. The van der Waals surface area contributed by atoms with E-state index < -0.39 is 17.6 Å². The van der Waals surface area contributed by atoms with Crippen molar-refractivity contribution in [2.24, 2.45) is 0 Å². The quantitative estimate of drug-likeness (QED) is 0.242. The predicted molar refractivity (Wildman–Crippen MR) is 152 cm³/mol. The summed E-state index contributed by atoms with van der Waals surface area (Å²) in [7, 11) is 0. The minimum atomic E-state index is -0.649. The maximum absolute atomic E-state index is 12.9. The summed E-state index contributed by atoms with van der Waals surface area (Å²) in [5.74, 6) is -0.426. The second kappa shape index (κ2) is 13.6. The predicted octanol–water partition coefficient (Wildman–Crippen LogP) is 6.97. The van der Waals surface area contributed by atoms with Crippen molar-refractivity contribution in [3.63, 3.8) is 0 Å². The Bertz CT molecular complexity index is 1210. The first-order valence-electron chi connectivity index (χ1n) is 12.6. The second-order valence-corrected chi connectivity index (χ2v) is 10.5. The molecular formula is C28H35N5O4S. The van der Waals surface area contributed by atoms with Crippen LogP contribution in [0.25, 0.3) is 0 Å². The van der Waals surface area contributed by atoms with E-state index in [0.717, 1.165) is 30.5 Å². The van der Waals surface area contributed by atoms with Crippen molar-refractivity contribution in [2.75, 3.05) is 22.5 Å². The van der Waals surface area contributed by atoms with Crippen molar-refractivity contribution in [2.45, 2.75) is 59.1 Å². The molecular weight excluding hydrogens is 502 g/mol. The molecule has 0 aliphatic heterocycles. The molecule has 0 aliphatic carbocycles. The Morgan fingerprint density at radius 3 is 2.32 bits per heavy atom. The van der Waals surface area contributed by atoms with Crippen LogP contribution in [0.1, 0.15) is 63.0 Å². The van der Waals surface area contributed by atoms with Gasteiger partial charge in [0, 0.05) is 24.7 Å². The lowest BCUT2D eigenvalue weighted by atomic mass is 10.2. The number of nitrogens with one attached hydrogen (secondary N) is 3. The number of nitrogens with zero attached hydrogens (tertiary/aromatic N) is 2. The first kappa shape index (κ1) is 28.6. The lowest BCUT2D eigenvalue weighted by Gasteiger charge is -2.23. The zero-order valence-corrected chi connectivity index (χ0v) is 23.1. The molecule has 3 rings (SSSR count). The zero-order chi connectivity index (χ0) is 27.5. The van der Waals surface area contributed by atoms with Gasteiger partial charge in [0.15, 0.2) is 0 Å². The van der Waals surface area contributed by atoms with E-state index >= 15 is 0 Å². The molecule has 1 aromatic carbocycles. The Morgan fingerprint density at radius 1 is 0.974 bits per heavy atom. The first-order chi connectivity index (χ1) is 18.1. The Morgan fingerprint density at radius 2 is 1.71 bits per heavy atom. The molecule has 3 aromatic rings. The number of hydrogen-bond acceptors (Lipinski definition) is 6. The number of urea groups is 1. The van der Waals surface area contributed by atoms with Gasteiger partial charge in [-0.25, -0.2) is 9.59 Å². The SMILES string of the molecule is CCCCCN(Cc1ccc(C(=O)Nc2ccccc2NC(=O)OC(C)(C)C)nc1)C(=O)Nc1ccsc1. The van der Waals surface area contributed by atoms with Crippen LogP contribution < -0.4 is 16.0 Å². The molecule has 0 saturated heterocycles. The molecule has 0 saturated carbocycles. The second-order valence-electron chi connectivity index (χ2n) is 9.75. The smallest absolute Gasteiger partial charge is 0.412 e. The number of pyridine rings is 1. The molecule has 38 heavy (non-hydrogen) atoms. The Hall–Kier alpha value is -3.92. The molecule has 0 radical (unpaired) electrons. The van der Waals surface area contributed by atoms with Crippen LogP contribution in [-0.2, 0) is 11.3 Å². The number of thiophene rings is 1. The van der Waals surface area contributed by atoms with Crippen LogP contribution >= 0.6 is 11.3 Å². The van der Waals surface area contributed by atoms with Gasteiger partial charge < -0.3 is 20.3 Å². The number of hydrogen-bond donors (Lipinski definition) is 3. The third kappa shape index (κ3) is 9.19. The third-order valence-electron chi connectivity index (χ3n) is 5.33. The Balaban J connectivity index is 1.65. The van der Waals surface area contributed by atoms with E-state index in [9.17, 15) is 14.4 Å². The highest BCUT2D eigenvalue weighted by Gasteiger charge is 2.19. The van der Waals surface area contributed by atoms with Gasteiger partial charge in [-0.05, 0) is 62.4 Å². The van der Waals surface area contributed by atoms with E-state index in [1.807, 2.05) is 16.8 Å². The van der Waals surface area contributed by atoms with E-state index in [1.54, 1.807) is 68.3 Å². The first-order valence-corrected chi connectivity index (χ1v) is 13.5. The van der Waals surface area contributed by atoms with Crippen molar-refractivity contribution >= 4 is 46.4 Å². The van der Waals surface area contributed by atoms with Crippen molar-refractivity contribution < 1.29 is 19.1 Å². The molecule has 0 atom stereocenters. The summed E-state index contributed by atoms with van der Waals surface area (Å²) in [6.07, 6.45) is 3.97.